The van der Waals surface area contributed by atoms with E-state index in [0.717, 1.165) is 0 Å². The van der Waals surface area contributed by atoms with Crippen LogP contribution in [0.3, 0.4) is 0 Å². The van der Waals surface area contributed by atoms with Gasteiger partial charge in [0.2, 0.25) is 0 Å². The highest BCUT2D eigenvalue weighted by Gasteiger charge is 2.14. The standard InChI is InChI=1S/C23H17N3O6/c1-2-31-23(28)16-6-3-7-18(11-16)25-22(27)17(14-24)13-20-9-10-21(32-20)15-5-4-8-19(12-15)26(29)30/h3-13H,2H2,1H3,(H,25,27). The number of nitrogens with zero attached hydrogens (tertiary/aromatic N) is 2. The van der Waals surface area contributed by atoms with Crippen molar-refractivity contribution in [1.29, 1.82) is 5.26 Å². The van der Waals surface area contributed by atoms with Crippen LogP contribution in [0.5, 0.6) is 0 Å². The summed E-state index contributed by atoms with van der Waals surface area (Å²) in [5.41, 5.74) is 0.750. The van der Waals surface area contributed by atoms with Crippen molar-refractivity contribution in [3.05, 3.63) is 87.7 Å². The zero-order valence-corrected chi connectivity index (χ0v) is 16.9. The van der Waals surface area contributed by atoms with Crippen LogP contribution in [0.2, 0.25) is 0 Å². The van der Waals surface area contributed by atoms with Crippen molar-refractivity contribution < 1.29 is 23.7 Å². The van der Waals surface area contributed by atoms with Crippen molar-refractivity contribution in [2.75, 3.05) is 11.9 Å². The zero-order valence-electron chi connectivity index (χ0n) is 16.9. The molecule has 0 aliphatic heterocycles. The van der Waals surface area contributed by atoms with Gasteiger partial charge in [-0.3, -0.25) is 14.9 Å². The van der Waals surface area contributed by atoms with E-state index in [1.54, 1.807) is 43.3 Å². The van der Waals surface area contributed by atoms with Crippen LogP contribution in [0.15, 0.2) is 70.7 Å². The summed E-state index contributed by atoms with van der Waals surface area (Å²) >= 11 is 0. The molecule has 0 radical (unpaired) electrons. The van der Waals surface area contributed by atoms with Gasteiger partial charge in [-0.15, -0.1) is 0 Å². The summed E-state index contributed by atoms with van der Waals surface area (Å²) in [4.78, 5) is 34.8. The molecule has 3 rings (SSSR count). The number of furan rings is 1. The molecule has 3 aromatic rings. The normalized spacial score (nSPS) is 10.8. The number of nitrogens with one attached hydrogen (secondary N) is 1. The molecule has 0 bridgehead atoms. The van der Waals surface area contributed by atoms with Crippen molar-refractivity contribution in [3.63, 3.8) is 0 Å². The van der Waals surface area contributed by atoms with Gasteiger partial charge in [-0.05, 0) is 37.3 Å². The fraction of sp³-hybridized carbons (Fsp3) is 0.0870. The smallest absolute Gasteiger partial charge is 0.338 e. The average molecular weight is 431 g/mol. The lowest BCUT2D eigenvalue weighted by Crippen LogP contribution is -2.14. The molecule has 9 nitrogen and oxygen atoms in total. The molecule has 0 spiro atoms. The first kappa shape index (κ1) is 22.0. The second-order valence-corrected chi connectivity index (χ2v) is 6.43. The van der Waals surface area contributed by atoms with Crippen LogP contribution in [0.1, 0.15) is 23.0 Å². The highest BCUT2D eigenvalue weighted by atomic mass is 16.6. The number of hydrogen-bond acceptors (Lipinski definition) is 7. The highest BCUT2D eigenvalue weighted by molar-refractivity contribution is 6.09. The molecular weight excluding hydrogens is 414 g/mol. The quantitative estimate of drug-likeness (QED) is 0.190. The molecule has 1 N–H and O–H groups in total. The number of carbonyl (C=O) groups excluding carboxylic acids is 2. The second kappa shape index (κ2) is 9.86. The Morgan fingerprint density at radius 1 is 1.19 bits per heavy atom. The molecule has 0 saturated carbocycles. The molecule has 32 heavy (non-hydrogen) atoms. The van der Waals surface area contributed by atoms with E-state index in [1.807, 2.05) is 6.07 Å². The third kappa shape index (κ3) is 5.25. The maximum atomic E-state index is 12.5. The number of non-ortho nitro benzene ring substituents is 1. The van der Waals surface area contributed by atoms with Crippen molar-refractivity contribution in [1.82, 2.24) is 0 Å². The lowest BCUT2D eigenvalue weighted by molar-refractivity contribution is -0.384. The van der Waals surface area contributed by atoms with Gasteiger partial charge >= 0.3 is 5.97 Å². The molecule has 0 fully saturated rings. The van der Waals surface area contributed by atoms with E-state index in [-0.39, 0.29) is 29.2 Å². The number of anilines is 1. The number of amides is 1. The van der Waals surface area contributed by atoms with Crippen LogP contribution in [0, 0.1) is 21.4 Å². The van der Waals surface area contributed by atoms with Gasteiger partial charge < -0.3 is 14.5 Å². The average Bonchev–Trinajstić information content (AvgIpc) is 3.26. The van der Waals surface area contributed by atoms with Crippen LogP contribution >= 0.6 is 0 Å². The van der Waals surface area contributed by atoms with E-state index in [9.17, 15) is 25.0 Å². The summed E-state index contributed by atoms with van der Waals surface area (Å²) in [6.07, 6.45) is 1.26. The van der Waals surface area contributed by atoms with Gasteiger partial charge in [-0.2, -0.15) is 5.26 Å². The topological polar surface area (TPSA) is 135 Å². The van der Waals surface area contributed by atoms with Gasteiger partial charge in [0.05, 0.1) is 17.1 Å². The van der Waals surface area contributed by atoms with E-state index in [0.29, 0.717) is 17.0 Å². The molecular formula is C23H17N3O6. The lowest BCUT2D eigenvalue weighted by Gasteiger charge is -2.06. The molecule has 9 heteroatoms. The number of ether oxygens (including phenoxy) is 1. The minimum Gasteiger partial charge on any atom is -0.462 e. The monoisotopic (exact) mass is 431 g/mol. The van der Waals surface area contributed by atoms with Gasteiger partial charge in [0.1, 0.15) is 23.2 Å². The Labute approximate surface area is 182 Å². The molecule has 0 aliphatic rings. The van der Waals surface area contributed by atoms with E-state index in [4.69, 9.17) is 9.15 Å². The summed E-state index contributed by atoms with van der Waals surface area (Å²) in [6.45, 7) is 1.91. The van der Waals surface area contributed by atoms with Gasteiger partial charge in [-0.1, -0.05) is 18.2 Å². The molecule has 160 valence electrons. The third-order valence-electron chi connectivity index (χ3n) is 4.25. The summed E-state index contributed by atoms with van der Waals surface area (Å²) in [7, 11) is 0. The van der Waals surface area contributed by atoms with Gasteiger partial charge in [0, 0.05) is 29.5 Å². The predicted molar refractivity (Wildman–Crippen MR) is 115 cm³/mol. The maximum absolute atomic E-state index is 12.5. The Bertz CT molecular complexity index is 1250. The van der Waals surface area contributed by atoms with E-state index in [2.05, 4.69) is 5.32 Å². The second-order valence-electron chi connectivity index (χ2n) is 6.43. The Hall–Kier alpha value is -4.71. The first-order valence-corrected chi connectivity index (χ1v) is 9.46. The minimum absolute atomic E-state index is 0.0851. The summed E-state index contributed by atoms with van der Waals surface area (Å²) in [5.74, 6) is -0.649. The number of hydrogen-bond donors (Lipinski definition) is 1. The fourth-order valence-corrected chi connectivity index (χ4v) is 2.79. The molecule has 0 aliphatic carbocycles. The molecule has 0 atom stereocenters. The van der Waals surface area contributed by atoms with Crippen LogP contribution in [-0.2, 0) is 9.53 Å². The van der Waals surface area contributed by atoms with Crippen LogP contribution in [0.25, 0.3) is 17.4 Å². The molecule has 0 saturated heterocycles. The van der Waals surface area contributed by atoms with Crippen molar-refractivity contribution >= 4 is 29.3 Å². The minimum atomic E-state index is -0.693. The number of nitro benzene ring substituents is 1. The van der Waals surface area contributed by atoms with E-state index < -0.39 is 16.8 Å². The van der Waals surface area contributed by atoms with Crippen molar-refractivity contribution in [2.24, 2.45) is 0 Å². The number of nitriles is 1. The molecule has 0 unspecified atom stereocenters. The maximum Gasteiger partial charge on any atom is 0.338 e. The van der Waals surface area contributed by atoms with Crippen molar-refractivity contribution in [2.45, 2.75) is 6.92 Å². The van der Waals surface area contributed by atoms with Crippen molar-refractivity contribution in [3.8, 4) is 17.4 Å². The SMILES string of the molecule is CCOC(=O)c1cccc(NC(=O)C(C#N)=Cc2ccc(-c3cccc([N+](=O)[O-])c3)o2)c1. The van der Waals surface area contributed by atoms with Crippen LogP contribution < -0.4 is 5.32 Å². The highest BCUT2D eigenvalue weighted by Crippen LogP contribution is 2.26. The van der Waals surface area contributed by atoms with E-state index in [1.165, 1.54) is 30.3 Å². The van der Waals surface area contributed by atoms with Gasteiger partial charge in [0.15, 0.2) is 0 Å². The molecule has 1 amide bonds. The number of benzene rings is 2. The number of esters is 1. The van der Waals surface area contributed by atoms with Gasteiger partial charge in [0.25, 0.3) is 11.6 Å². The lowest BCUT2D eigenvalue weighted by atomic mass is 10.1. The summed E-state index contributed by atoms with van der Waals surface area (Å²) in [6, 6.07) is 17.0. The number of rotatable bonds is 7. The Morgan fingerprint density at radius 2 is 1.97 bits per heavy atom. The number of nitro groups is 1. The van der Waals surface area contributed by atoms with Crippen LogP contribution in [0.4, 0.5) is 11.4 Å². The van der Waals surface area contributed by atoms with E-state index >= 15 is 0 Å². The van der Waals surface area contributed by atoms with Gasteiger partial charge in [-0.25, -0.2) is 4.79 Å². The predicted octanol–water partition coefficient (Wildman–Crippen LogP) is 4.58. The zero-order chi connectivity index (χ0) is 23.1. The largest absolute Gasteiger partial charge is 0.462 e. The fourth-order valence-electron chi connectivity index (χ4n) is 2.79. The third-order valence-corrected chi connectivity index (χ3v) is 4.25. The summed E-state index contributed by atoms with van der Waals surface area (Å²) < 4.78 is 10.6. The number of carbonyl (C=O) groups is 2. The summed E-state index contributed by atoms with van der Waals surface area (Å²) in [5, 5.41) is 22.9. The molecule has 2 aromatic carbocycles. The first-order valence-electron chi connectivity index (χ1n) is 9.46. The Kier molecular flexibility index (Phi) is 6.78. The molecule has 1 heterocycles. The molecule has 1 aromatic heterocycles. The first-order chi connectivity index (χ1) is 15.4. The Balaban J connectivity index is 1.78. The Morgan fingerprint density at radius 3 is 2.69 bits per heavy atom. The van der Waals surface area contributed by atoms with Crippen LogP contribution in [-0.4, -0.2) is 23.4 Å².